The predicted molar refractivity (Wildman–Crippen MR) is 48.7 cm³/mol. The lowest BCUT2D eigenvalue weighted by atomic mass is 10.1. The molecule has 0 aliphatic carbocycles. The van der Waals surface area contributed by atoms with Gasteiger partial charge in [-0.3, -0.25) is 0 Å². The number of benzene rings is 2. The van der Waals surface area contributed by atoms with Crippen LogP contribution < -0.4 is 0 Å². The minimum absolute atomic E-state index is 0.575. The van der Waals surface area contributed by atoms with Crippen LogP contribution in [0.2, 0.25) is 0 Å². The van der Waals surface area contributed by atoms with Gasteiger partial charge in [0.2, 0.25) is 0 Å². The molecule has 0 saturated carbocycles. The SMILES string of the molecule is [3H]c1ccc2cc(C)ccc2c1. The van der Waals surface area contributed by atoms with Crippen LogP contribution in [0.1, 0.15) is 6.93 Å². The molecule has 0 spiro atoms. The number of hydrogen-bond acceptors (Lipinski definition) is 0. The molecule has 0 bridgehead atoms. The summed E-state index contributed by atoms with van der Waals surface area (Å²) in [6.45, 7) is 2.08. The van der Waals surface area contributed by atoms with Gasteiger partial charge in [-0.1, -0.05) is 48.0 Å². The highest BCUT2D eigenvalue weighted by Crippen LogP contribution is 2.14. The Bertz CT molecular complexity index is 377. The first kappa shape index (κ1) is 5.36. The van der Waals surface area contributed by atoms with Crippen LogP contribution in [-0.4, -0.2) is 0 Å². The Kier molecular flexibility index (Phi) is 1.16. The highest BCUT2D eigenvalue weighted by molar-refractivity contribution is 5.82. The van der Waals surface area contributed by atoms with Crippen molar-refractivity contribution in [2.24, 2.45) is 0 Å². The fraction of sp³-hybridized carbons (Fsp3) is 0.0909. The summed E-state index contributed by atoms with van der Waals surface area (Å²) in [5, 5.41) is 2.36. The number of hydrogen-bond donors (Lipinski definition) is 0. The average molecular weight is 144 g/mol. The van der Waals surface area contributed by atoms with Crippen molar-refractivity contribution in [3.05, 3.63) is 48.0 Å². The zero-order chi connectivity index (χ0) is 8.55. The summed E-state index contributed by atoms with van der Waals surface area (Å²) in [6.07, 6.45) is 0. The highest BCUT2D eigenvalue weighted by atomic mass is 13.9. The molecular weight excluding hydrogens is 132 g/mol. The van der Waals surface area contributed by atoms with Gasteiger partial charge in [0.15, 0.2) is 0 Å². The van der Waals surface area contributed by atoms with E-state index >= 15 is 0 Å². The third kappa shape index (κ3) is 1.12. The third-order valence-electron chi connectivity index (χ3n) is 1.84. The van der Waals surface area contributed by atoms with Gasteiger partial charge in [-0.15, -0.1) is 0 Å². The zero-order valence-electron chi connectivity index (χ0n) is 7.46. The van der Waals surface area contributed by atoms with Gasteiger partial charge in [0, 0.05) is 0 Å². The van der Waals surface area contributed by atoms with E-state index in [2.05, 4.69) is 25.1 Å². The van der Waals surface area contributed by atoms with Crippen LogP contribution in [0.5, 0.6) is 0 Å². The minimum Gasteiger partial charge on any atom is -0.0616 e. The lowest BCUT2D eigenvalue weighted by molar-refractivity contribution is 1.51. The summed E-state index contributed by atoms with van der Waals surface area (Å²) in [5.41, 5.74) is 1.26. The molecule has 0 N–H and O–H groups in total. The largest absolute Gasteiger partial charge is 0.0623 e. The van der Waals surface area contributed by atoms with Crippen molar-refractivity contribution >= 4 is 10.8 Å². The van der Waals surface area contributed by atoms with Gasteiger partial charge in [-0.25, -0.2) is 0 Å². The molecule has 0 amide bonds. The van der Waals surface area contributed by atoms with E-state index in [9.17, 15) is 0 Å². The molecule has 0 fully saturated rings. The second-order valence-electron chi connectivity index (χ2n) is 2.78. The molecule has 2 aromatic carbocycles. The Labute approximate surface area is 67.9 Å². The van der Waals surface area contributed by atoms with Gasteiger partial charge >= 0.3 is 0 Å². The Morgan fingerprint density at radius 1 is 1.09 bits per heavy atom. The lowest BCUT2D eigenvalue weighted by Gasteiger charge is -1.96. The Hall–Kier alpha value is -1.30. The fourth-order valence-corrected chi connectivity index (χ4v) is 1.25. The molecule has 11 heavy (non-hydrogen) atoms. The van der Waals surface area contributed by atoms with Crippen molar-refractivity contribution in [1.29, 1.82) is 0 Å². The first-order chi connectivity index (χ1) is 5.75. The summed E-state index contributed by atoms with van der Waals surface area (Å²) in [5.74, 6) is 0. The highest BCUT2D eigenvalue weighted by Gasteiger charge is 1.89. The van der Waals surface area contributed by atoms with E-state index in [1.165, 1.54) is 10.9 Å². The van der Waals surface area contributed by atoms with Crippen LogP contribution in [0.3, 0.4) is 0 Å². The monoisotopic (exact) mass is 144 g/mol. The number of fused-ring (bicyclic) bond motifs is 1. The molecule has 0 atom stereocenters. The molecule has 0 nitrogen and oxygen atoms in total. The van der Waals surface area contributed by atoms with Crippen molar-refractivity contribution < 1.29 is 1.37 Å². The standard InChI is InChI=1S/C11H10/c1-9-6-7-10-4-2-3-5-11(10)8-9/h2-8H,1H3/i2T. The van der Waals surface area contributed by atoms with Crippen molar-refractivity contribution in [3.8, 4) is 0 Å². The van der Waals surface area contributed by atoms with Gasteiger partial charge in [0.1, 0.15) is 0 Å². The lowest BCUT2D eigenvalue weighted by Crippen LogP contribution is -1.73. The topological polar surface area (TPSA) is 0 Å². The quantitative estimate of drug-likeness (QED) is 0.532. The maximum Gasteiger partial charge on any atom is 0.0623 e. The first-order valence-corrected chi connectivity index (χ1v) is 3.73. The predicted octanol–water partition coefficient (Wildman–Crippen LogP) is 3.15. The molecule has 0 aliphatic heterocycles. The maximum absolute atomic E-state index is 7.43. The third-order valence-corrected chi connectivity index (χ3v) is 1.84. The second kappa shape index (κ2) is 2.39. The molecule has 0 saturated heterocycles. The Morgan fingerprint density at radius 3 is 2.91 bits per heavy atom. The molecule has 0 heteroatoms. The van der Waals surface area contributed by atoms with Gasteiger partial charge in [-0.05, 0) is 17.7 Å². The van der Waals surface area contributed by atoms with E-state index in [0.717, 1.165) is 5.39 Å². The van der Waals surface area contributed by atoms with Crippen molar-refractivity contribution in [2.75, 3.05) is 0 Å². The summed E-state index contributed by atoms with van der Waals surface area (Å²) >= 11 is 0. The zero-order valence-corrected chi connectivity index (χ0v) is 6.46. The molecule has 0 aliphatic rings. The van der Waals surface area contributed by atoms with E-state index < -0.39 is 0 Å². The molecule has 0 heterocycles. The van der Waals surface area contributed by atoms with Gasteiger partial charge in [-0.2, -0.15) is 0 Å². The van der Waals surface area contributed by atoms with Crippen molar-refractivity contribution in [2.45, 2.75) is 6.92 Å². The van der Waals surface area contributed by atoms with Crippen LogP contribution in [0.4, 0.5) is 0 Å². The van der Waals surface area contributed by atoms with Crippen LogP contribution in [-0.2, 0) is 0 Å². The molecule has 0 aromatic heterocycles. The van der Waals surface area contributed by atoms with E-state index in [1.807, 2.05) is 18.2 Å². The van der Waals surface area contributed by atoms with Crippen LogP contribution in [0.25, 0.3) is 10.8 Å². The first-order valence-electron chi connectivity index (χ1n) is 4.23. The number of aryl methyl sites for hydroxylation is 1. The van der Waals surface area contributed by atoms with Crippen LogP contribution in [0.15, 0.2) is 42.4 Å². The number of rotatable bonds is 0. The van der Waals surface area contributed by atoms with E-state index in [1.54, 1.807) is 0 Å². The van der Waals surface area contributed by atoms with E-state index in [-0.39, 0.29) is 0 Å². The van der Waals surface area contributed by atoms with Gasteiger partial charge in [0.05, 0.1) is 1.37 Å². The summed E-state index contributed by atoms with van der Waals surface area (Å²) < 4.78 is 7.43. The smallest absolute Gasteiger partial charge is 0.0616 e. The minimum atomic E-state index is 0.575. The summed E-state index contributed by atoms with van der Waals surface area (Å²) in [4.78, 5) is 0. The molecular formula is C11H10. The van der Waals surface area contributed by atoms with Gasteiger partial charge < -0.3 is 0 Å². The molecule has 2 aromatic rings. The Balaban J connectivity index is 2.79. The van der Waals surface area contributed by atoms with Crippen molar-refractivity contribution in [1.82, 2.24) is 0 Å². The molecule has 2 rings (SSSR count). The van der Waals surface area contributed by atoms with E-state index in [4.69, 9.17) is 1.37 Å². The summed E-state index contributed by atoms with van der Waals surface area (Å²) in [6, 6.07) is 12.5. The van der Waals surface area contributed by atoms with E-state index in [0.29, 0.717) is 6.04 Å². The average Bonchev–Trinajstić information content (AvgIpc) is 2.05. The second-order valence-corrected chi connectivity index (χ2v) is 2.78. The maximum atomic E-state index is 7.43. The Morgan fingerprint density at radius 2 is 2.00 bits per heavy atom. The van der Waals surface area contributed by atoms with Crippen molar-refractivity contribution in [3.63, 3.8) is 0 Å². The van der Waals surface area contributed by atoms with Gasteiger partial charge in [0.25, 0.3) is 0 Å². The fourth-order valence-electron chi connectivity index (χ4n) is 1.25. The van der Waals surface area contributed by atoms with Crippen LogP contribution in [0, 0.1) is 6.92 Å². The molecule has 0 unspecified atom stereocenters. The molecule has 54 valence electrons. The van der Waals surface area contributed by atoms with Crippen LogP contribution >= 0.6 is 0 Å². The summed E-state index contributed by atoms with van der Waals surface area (Å²) in [7, 11) is 0. The normalized spacial score (nSPS) is 11.5. The molecule has 0 radical (unpaired) electrons.